The van der Waals surface area contributed by atoms with Crippen molar-refractivity contribution in [1.82, 2.24) is 9.97 Å². The molecule has 102 valence electrons. The molecule has 0 aliphatic heterocycles. The molecule has 3 N–H and O–H groups in total. The second-order valence-electron chi connectivity index (χ2n) is 4.42. The molecule has 0 unspecified atom stereocenters. The minimum Gasteiger partial charge on any atom is -0.462 e. The molecular weight excluding hydrogens is 254 g/mol. The fourth-order valence-corrected chi connectivity index (χ4v) is 1.97. The predicted octanol–water partition coefficient (Wildman–Crippen LogP) is 2.77. The quantitative estimate of drug-likeness (QED) is 0.666. The van der Waals surface area contributed by atoms with Gasteiger partial charge in [-0.15, -0.1) is 0 Å². The van der Waals surface area contributed by atoms with Crippen LogP contribution in [0.5, 0.6) is 0 Å². The molecular formula is C15H15N3O2. The van der Waals surface area contributed by atoms with Gasteiger partial charge in [-0.1, -0.05) is 12.1 Å². The minimum absolute atomic E-state index is 0.0706. The molecule has 0 radical (unpaired) electrons. The molecule has 0 aliphatic carbocycles. The van der Waals surface area contributed by atoms with Crippen molar-refractivity contribution in [3.63, 3.8) is 0 Å². The SMILES string of the molecule is OCc1ccc(CNc2ccc(-c3cnc[nH]3)cc2)o1. The first-order chi connectivity index (χ1) is 9.85. The molecule has 20 heavy (non-hydrogen) atoms. The minimum atomic E-state index is -0.0706. The van der Waals surface area contributed by atoms with Crippen molar-refractivity contribution < 1.29 is 9.52 Å². The number of hydrogen-bond acceptors (Lipinski definition) is 4. The lowest BCUT2D eigenvalue weighted by Gasteiger charge is -2.05. The Morgan fingerprint density at radius 3 is 2.55 bits per heavy atom. The third kappa shape index (κ3) is 2.73. The molecule has 5 nitrogen and oxygen atoms in total. The van der Waals surface area contributed by atoms with E-state index in [4.69, 9.17) is 9.52 Å². The van der Waals surface area contributed by atoms with E-state index in [1.165, 1.54) is 0 Å². The number of H-pyrrole nitrogens is 1. The van der Waals surface area contributed by atoms with Crippen LogP contribution in [0.25, 0.3) is 11.3 Å². The largest absolute Gasteiger partial charge is 0.462 e. The van der Waals surface area contributed by atoms with E-state index in [-0.39, 0.29) is 6.61 Å². The number of imidazole rings is 1. The fraction of sp³-hybridized carbons (Fsp3) is 0.133. The zero-order chi connectivity index (χ0) is 13.8. The van der Waals surface area contributed by atoms with Crippen molar-refractivity contribution in [1.29, 1.82) is 0 Å². The van der Waals surface area contributed by atoms with Crippen molar-refractivity contribution in [3.8, 4) is 11.3 Å². The monoisotopic (exact) mass is 269 g/mol. The third-order valence-electron chi connectivity index (χ3n) is 3.03. The first-order valence-electron chi connectivity index (χ1n) is 6.36. The number of aliphatic hydroxyl groups is 1. The molecule has 0 amide bonds. The average Bonchev–Trinajstić information content (AvgIpc) is 3.17. The maximum absolute atomic E-state index is 8.93. The molecule has 3 rings (SSSR count). The van der Waals surface area contributed by atoms with Crippen LogP contribution in [0, 0.1) is 0 Å². The standard InChI is InChI=1S/C15H15N3O2/c19-9-14-6-5-13(20-14)7-17-12-3-1-11(2-4-12)15-8-16-10-18-15/h1-6,8,10,17,19H,7,9H2,(H,16,18). The van der Waals surface area contributed by atoms with Crippen molar-refractivity contribution in [3.05, 3.63) is 60.4 Å². The Kier molecular flexibility index (Phi) is 3.52. The summed E-state index contributed by atoms with van der Waals surface area (Å²) in [5, 5.41) is 12.2. The van der Waals surface area contributed by atoms with Gasteiger partial charge < -0.3 is 19.8 Å². The molecule has 0 saturated heterocycles. The van der Waals surface area contributed by atoms with Crippen molar-refractivity contribution in [2.45, 2.75) is 13.2 Å². The van der Waals surface area contributed by atoms with E-state index in [0.717, 1.165) is 22.7 Å². The van der Waals surface area contributed by atoms with Crippen LogP contribution in [0.2, 0.25) is 0 Å². The van der Waals surface area contributed by atoms with E-state index >= 15 is 0 Å². The number of aromatic nitrogens is 2. The van der Waals surface area contributed by atoms with Crippen LogP contribution in [0.1, 0.15) is 11.5 Å². The Morgan fingerprint density at radius 2 is 1.90 bits per heavy atom. The van der Waals surface area contributed by atoms with Gasteiger partial charge in [0.15, 0.2) is 0 Å². The van der Waals surface area contributed by atoms with Crippen LogP contribution in [0.4, 0.5) is 5.69 Å². The van der Waals surface area contributed by atoms with Crippen LogP contribution < -0.4 is 5.32 Å². The number of rotatable bonds is 5. The molecule has 1 aromatic carbocycles. The van der Waals surface area contributed by atoms with Gasteiger partial charge in [-0.05, 0) is 29.8 Å². The number of nitrogens with one attached hydrogen (secondary N) is 2. The summed E-state index contributed by atoms with van der Waals surface area (Å²) in [5.41, 5.74) is 3.10. The van der Waals surface area contributed by atoms with Crippen LogP contribution in [-0.2, 0) is 13.2 Å². The molecule has 0 atom stereocenters. The van der Waals surface area contributed by atoms with E-state index in [1.807, 2.05) is 30.3 Å². The molecule has 0 aliphatic rings. The van der Waals surface area contributed by atoms with Gasteiger partial charge in [-0.25, -0.2) is 4.98 Å². The summed E-state index contributed by atoms with van der Waals surface area (Å²) in [6, 6.07) is 11.7. The predicted molar refractivity (Wildman–Crippen MR) is 76.0 cm³/mol. The normalized spacial score (nSPS) is 10.7. The Hall–Kier alpha value is -2.53. The van der Waals surface area contributed by atoms with Crippen LogP contribution in [0.3, 0.4) is 0 Å². The highest BCUT2D eigenvalue weighted by Crippen LogP contribution is 2.19. The van der Waals surface area contributed by atoms with Gasteiger partial charge in [0.1, 0.15) is 18.1 Å². The van der Waals surface area contributed by atoms with Gasteiger partial charge in [0.2, 0.25) is 0 Å². The summed E-state index contributed by atoms with van der Waals surface area (Å²) in [4.78, 5) is 7.07. The van der Waals surface area contributed by atoms with Gasteiger partial charge in [0.25, 0.3) is 0 Å². The molecule has 3 aromatic rings. The van der Waals surface area contributed by atoms with E-state index in [2.05, 4.69) is 15.3 Å². The Morgan fingerprint density at radius 1 is 1.10 bits per heavy atom. The van der Waals surface area contributed by atoms with Gasteiger partial charge in [0, 0.05) is 5.69 Å². The number of aliphatic hydroxyl groups excluding tert-OH is 1. The number of anilines is 1. The number of hydrogen-bond donors (Lipinski definition) is 3. The van der Waals surface area contributed by atoms with E-state index in [9.17, 15) is 0 Å². The zero-order valence-corrected chi connectivity index (χ0v) is 10.8. The van der Waals surface area contributed by atoms with Crippen molar-refractivity contribution in [2.24, 2.45) is 0 Å². The van der Waals surface area contributed by atoms with Gasteiger partial charge in [-0.3, -0.25) is 0 Å². The summed E-state index contributed by atoms with van der Waals surface area (Å²) in [5.74, 6) is 1.38. The summed E-state index contributed by atoms with van der Waals surface area (Å²) in [6.45, 7) is 0.516. The van der Waals surface area contributed by atoms with Crippen LogP contribution >= 0.6 is 0 Å². The van der Waals surface area contributed by atoms with Gasteiger partial charge >= 0.3 is 0 Å². The highest BCUT2D eigenvalue weighted by Gasteiger charge is 2.02. The molecule has 0 bridgehead atoms. The molecule has 0 fully saturated rings. The fourth-order valence-electron chi connectivity index (χ4n) is 1.97. The van der Waals surface area contributed by atoms with Crippen LogP contribution in [-0.4, -0.2) is 15.1 Å². The second-order valence-corrected chi connectivity index (χ2v) is 4.42. The van der Waals surface area contributed by atoms with Crippen molar-refractivity contribution in [2.75, 3.05) is 5.32 Å². The lowest BCUT2D eigenvalue weighted by atomic mass is 10.1. The average molecular weight is 269 g/mol. The number of aromatic amines is 1. The second kappa shape index (κ2) is 5.63. The Bertz CT molecular complexity index is 657. The van der Waals surface area contributed by atoms with Gasteiger partial charge in [-0.2, -0.15) is 0 Å². The summed E-state index contributed by atoms with van der Waals surface area (Å²) in [7, 11) is 0. The smallest absolute Gasteiger partial charge is 0.129 e. The third-order valence-corrected chi connectivity index (χ3v) is 3.03. The van der Waals surface area contributed by atoms with E-state index in [1.54, 1.807) is 18.6 Å². The number of benzene rings is 1. The maximum atomic E-state index is 8.93. The molecule has 2 aromatic heterocycles. The summed E-state index contributed by atoms with van der Waals surface area (Å²) < 4.78 is 5.41. The molecule has 2 heterocycles. The number of furan rings is 1. The van der Waals surface area contributed by atoms with Crippen molar-refractivity contribution >= 4 is 5.69 Å². The van der Waals surface area contributed by atoms with E-state index in [0.29, 0.717) is 12.3 Å². The lowest BCUT2D eigenvalue weighted by Crippen LogP contribution is -1.97. The zero-order valence-electron chi connectivity index (χ0n) is 10.8. The Labute approximate surface area is 116 Å². The highest BCUT2D eigenvalue weighted by molar-refractivity contribution is 5.61. The first kappa shape index (κ1) is 12.5. The van der Waals surface area contributed by atoms with Gasteiger partial charge in [0.05, 0.1) is 24.8 Å². The number of nitrogens with zero attached hydrogens (tertiary/aromatic N) is 1. The maximum Gasteiger partial charge on any atom is 0.129 e. The Balaban J connectivity index is 1.63. The summed E-state index contributed by atoms with van der Waals surface area (Å²) in [6.07, 6.45) is 3.46. The molecule has 0 spiro atoms. The summed E-state index contributed by atoms with van der Waals surface area (Å²) >= 11 is 0. The first-order valence-corrected chi connectivity index (χ1v) is 6.36. The molecule has 5 heteroatoms. The topological polar surface area (TPSA) is 74.1 Å². The van der Waals surface area contributed by atoms with E-state index < -0.39 is 0 Å². The highest BCUT2D eigenvalue weighted by atomic mass is 16.4. The molecule has 0 saturated carbocycles. The lowest BCUT2D eigenvalue weighted by molar-refractivity contribution is 0.244. The van der Waals surface area contributed by atoms with Crippen LogP contribution in [0.15, 0.2) is 53.3 Å².